The van der Waals surface area contributed by atoms with Gasteiger partial charge in [-0.3, -0.25) is 5.14 Å². The van der Waals surface area contributed by atoms with E-state index in [9.17, 15) is 30.6 Å². The Hall–Kier alpha value is -3.31. The first-order chi connectivity index (χ1) is 18.2. The second kappa shape index (κ2) is 11.8. The number of ether oxygens (including phenoxy) is 2. The second-order valence-electron chi connectivity index (χ2n) is 9.55. The minimum Gasteiger partial charge on any atom is -0.463 e. The van der Waals surface area contributed by atoms with Crippen LogP contribution in [-0.2, 0) is 22.8 Å². The van der Waals surface area contributed by atoms with Gasteiger partial charge in [0, 0.05) is 11.5 Å². The predicted molar refractivity (Wildman–Crippen MR) is 137 cm³/mol. The number of hydrogen-bond donors (Lipinski definition) is 1. The largest absolute Gasteiger partial charge is 0.463 e. The van der Waals surface area contributed by atoms with Gasteiger partial charge < -0.3 is 9.47 Å². The molecule has 4 nitrogen and oxygen atoms in total. The van der Waals surface area contributed by atoms with E-state index in [4.69, 9.17) is 9.88 Å². The number of halogens is 6. The molecule has 2 atom stereocenters. The summed E-state index contributed by atoms with van der Waals surface area (Å²) in [5, 5.41) is 5.80. The van der Waals surface area contributed by atoms with Gasteiger partial charge in [0.25, 0.3) is 0 Å². The van der Waals surface area contributed by atoms with Crippen LogP contribution in [0.25, 0.3) is 0 Å². The van der Waals surface area contributed by atoms with E-state index in [-0.39, 0.29) is 24.2 Å². The summed E-state index contributed by atoms with van der Waals surface area (Å²) in [6.45, 7) is 6.61. The summed E-state index contributed by atoms with van der Waals surface area (Å²) in [6, 6.07) is 15.2. The lowest BCUT2D eigenvalue weighted by Crippen LogP contribution is -2.43. The maximum atomic E-state index is 14.9. The van der Waals surface area contributed by atoms with E-state index in [0.29, 0.717) is 17.2 Å². The molecular formula is C28H27F6NO3S. The van der Waals surface area contributed by atoms with Crippen molar-refractivity contribution >= 4 is 11.0 Å². The zero-order valence-electron chi connectivity index (χ0n) is 21.1. The van der Waals surface area contributed by atoms with Crippen molar-refractivity contribution in [2.45, 2.75) is 49.4 Å². The monoisotopic (exact) mass is 571 g/mol. The fraction of sp³-hybridized carbons (Fsp3) is 0.286. The normalized spacial score (nSPS) is 14.5. The van der Waals surface area contributed by atoms with E-state index in [1.165, 1.54) is 12.1 Å². The molecule has 0 radical (unpaired) electrons. The summed E-state index contributed by atoms with van der Waals surface area (Å²) in [7, 11) is -1.94. The standard InChI is InChI=1S/C28H27F6NO3S/c1-4-37-24-14-19(10-11-23(24)30)27(17-26(2,3)39(35)36,16-18-8-6-5-7-9-18)20-12-21(29)15-22(13-20)38-28(33,34)25(31)32/h4-15,25H,1,16-17,35H2,2-3H3/t27-,39?/m1/s1. The molecule has 11 heteroatoms. The average Bonchev–Trinajstić information content (AvgIpc) is 2.84. The van der Waals surface area contributed by atoms with E-state index in [2.05, 4.69) is 11.3 Å². The van der Waals surface area contributed by atoms with Gasteiger partial charge in [-0.25, -0.2) is 13.0 Å². The van der Waals surface area contributed by atoms with Crippen molar-refractivity contribution in [2.75, 3.05) is 0 Å². The second-order valence-corrected chi connectivity index (χ2v) is 11.2. The van der Waals surface area contributed by atoms with Crippen LogP contribution in [0.2, 0.25) is 0 Å². The molecule has 0 fully saturated rings. The molecule has 3 aromatic rings. The van der Waals surface area contributed by atoms with Gasteiger partial charge in [0.05, 0.1) is 22.0 Å². The molecule has 0 aliphatic heterocycles. The topological polar surface area (TPSA) is 61.5 Å². The van der Waals surface area contributed by atoms with Crippen LogP contribution in [-0.4, -0.2) is 21.5 Å². The number of nitrogens with two attached hydrogens (primary N) is 1. The van der Waals surface area contributed by atoms with Crippen molar-refractivity contribution in [1.82, 2.24) is 0 Å². The molecule has 3 rings (SSSR count). The van der Waals surface area contributed by atoms with Gasteiger partial charge in [-0.05, 0) is 67.6 Å². The van der Waals surface area contributed by atoms with Gasteiger partial charge in [-0.2, -0.15) is 17.6 Å². The molecule has 0 aromatic heterocycles. The lowest BCUT2D eigenvalue weighted by Gasteiger charge is -2.41. The van der Waals surface area contributed by atoms with Crippen LogP contribution < -0.4 is 14.6 Å². The molecule has 0 aliphatic carbocycles. The van der Waals surface area contributed by atoms with Crippen molar-refractivity contribution in [3.63, 3.8) is 0 Å². The summed E-state index contributed by atoms with van der Waals surface area (Å²) in [6.07, 6.45) is -8.09. The van der Waals surface area contributed by atoms with Crippen LogP contribution in [0.5, 0.6) is 11.5 Å². The molecular weight excluding hydrogens is 544 g/mol. The van der Waals surface area contributed by atoms with Crippen molar-refractivity contribution in [2.24, 2.45) is 5.14 Å². The van der Waals surface area contributed by atoms with E-state index in [1.807, 2.05) is 0 Å². The third-order valence-corrected chi connectivity index (χ3v) is 7.48. The van der Waals surface area contributed by atoms with Gasteiger partial charge >= 0.3 is 12.5 Å². The quantitative estimate of drug-likeness (QED) is 0.187. The maximum absolute atomic E-state index is 14.9. The summed E-state index contributed by atoms with van der Waals surface area (Å²) >= 11 is 0. The molecule has 2 N–H and O–H groups in total. The SMILES string of the molecule is C=COc1cc([C@@](Cc2ccccc2)(CC(C)(C)S(N)=O)c2cc(F)cc(OC(F)(F)C(F)F)c2)ccc1F. The molecule has 210 valence electrons. The number of rotatable bonds is 12. The zero-order valence-corrected chi connectivity index (χ0v) is 21.9. The molecule has 0 saturated heterocycles. The highest BCUT2D eigenvalue weighted by molar-refractivity contribution is 7.84. The highest BCUT2D eigenvalue weighted by Crippen LogP contribution is 2.46. The molecule has 3 aromatic carbocycles. The molecule has 0 saturated carbocycles. The first kappa shape index (κ1) is 30.2. The van der Waals surface area contributed by atoms with Gasteiger partial charge in [-0.1, -0.05) is 43.0 Å². The van der Waals surface area contributed by atoms with Gasteiger partial charge in [-0.15, -0.1) is 0 Å². The zero-order chi connectivity index (χ0) is 29.0. The Morgan fingerprint density at radius 3 is 2.26 bits per heavy atom. The van der Waals surface area contributed by atoms with Crippen molar-refractivity contribution in [3.05, 3.63) is 108 Å². The van der Waals surface area contributed by atoms with Crippen LogP contribution in [0.3, 0.4) is 0 Å². The fourth-order valence-electron chi connectivity index (χ4n) is 4.46. The molecule has 0 heterocycles. The molecule has 0 bridgehead atoms. The number of alkyl halides is 4. The van der Waals surface area contributed by atoms with Crippen molar-refractivity contribution in [1.29, 1.82) is 0 Å². The molecule has 0 spiro atoms. The Kier molecular flexibility index (Phi) is 9.17. The van der Waals surface area contributed by atoms with Crippen LogP contribution >= 0.6 is 0 Å². The third-order valence-electron chi connectivity index (χ3n) is 6.25. The van der Waals surface area contributed by atoms with Gasteiger partial charge in [0.15, 0.2) is 11.6 Å². The summed E-state index contributed by atoms with van der Waals surface area (Å²) in [5.41, 5.74) is -0.398. The Morgan fingerprint density at radius 1 is 1.00 bits per heavy atom. The summed E-state index contributed by atoms with van der Waals surface area (Å²) in [5.74, 6) is -2.89. The Morgan fingerprint density at radius 2 is 1.67 bits per heavy atom. The Labute approximate surface area is 225 Å². The first-order valence-corrected chi connectivity index (χ1v) is 12.9. The van der Waals surface area contributed by atoms with E-state index < -0.39 is 51.1 Å². The minimum atomic E-state index is -4.90. The lowest BCUT2D eigenvalue weighted by atomic mass is 9.66. The molecule has 39 heavy (non-hydrogen) atoms. The summed E-state index contributed by atoms with van der Waals surface area (Å²) in [4.78, 5) is 0. The molecule has 1 unspecified atom stereocenters. The lowest BCUT2D eigenvalue weighted by molar-refractivity contribution is -0.253. The highest BCUT2D eigenvalue weighted by Gasteiger charge is 2.46. The highest BCUT2D eigenvalue weighted by atomic mass is 32.2. The van der Waals surface area contributed by atoms with E-state index in [1.54, 1.807) is 44.2 Å². The Bertz CT molecular complexity index is 1340. The van der Waals surface area contributed by atoms with Crippen molar-refractivity contribution < 1.29 is 40.0 Å². The Balaban J connectivity index is 2.38. The van der Waals surface area contributed by atoms with Crippen LogP contribution in [0.1, 0.15) is 37.0 Å². The molecule has 0 aliphatic rings. The summed E-state index contributed by atoms with van der Waals surface area (Å²) < 4.78 is 104. The van der Waals surface area contributed by atoms with Crippen LogP contribution in [0.4, 0.5) is 26.3 Å². The van der Waals surface area contributed by atoms with Crippen LogP contribution in [0.15, 0.2) is 79.6 Å². The average molecular weight is 572 g/mol. The fourth-order valence-corrected chi connectivity index (χ4v) is 4.85. The van der Waals surface area contributed by atoms with E-state index in [0.717, 1.165) is 24.5 Å². The first-order valence-electron chi connectivity index (χ1n) is 11.6. The predicted octanol–water partition coefficient (Wildman–Crippen LogP) is 7.04. The van der Waals surface area contributed by atoms with Crippen molar-refractivity contribution in [3.8, 4) is 11.5 Å². The maximum Gasteiger partial charge on any atom is 0.461 e. The van der Waals surface area contributed by atoms with Gasteiger partial charge in [0.2, 0.25) is 0 Å². The van der Waals surface area contributed by atoms with Crippen LogP contribution in [0, 0.1) is 11.6 Å². The third kappa shape index (κ3) is 7.02. The van der Waals surface area contributed by atoms with Gasteiger partial charge in [0.1, 0.15) is 11.6 Å². The minimum absolute atomic E-state index is 0.0149. The number of benzene rings is 3. The van der Waals surface area contributed by atoms with E-state index >= 15 is 0 Å². The smallest absolute Gasteiger partial charge is 0.461 e. The molecule has 0 amide bonds. The number of hydrogen-bond acceptors (Lipinski definition) is 3.